The van der Waals surface area contributed by atoms with Gasteiger partial charge in [-0.2, -0.15) is 4.31 Å². The zero-order chi connectivity index (χ0) is 21.0. The van der Waals surface area contributed by atoms with E-state index in [1.807, 2.05) is 24.3 Å². The average Bonchev–Trinajstić information content (AvgIpc) is 2.81. The highest BCUT2D eigenvalue weighted by Gasteiger charge is 2.32. The summed E-state index contributed by atoms with van der Waals surface area (Å²) in [7, 11) is -3.50. The van der Waals surface area contributed by atoms with Crippen LogP contribution in [0.25, 0.3) is 0 Å². The Morgan fingerprint density at radius 3 is 2.17 bits per heavy atom. The van der Waals surface area contributed by atoms with Crippen LogP contribution in [-0.4, -0.2) is 58.0 Å². The Kier molecular flexibility index (Phi) is 6.36. The van der Waals surface area contributed by atoms with Gasteiger partial charge in [-0.15, -0.1) is 0 Å². The molecule has 0 atom stereocenters. The number of ether oxygens (including phenoxy) is 1. The highest BCUT2D eigenvalue weighted by Crippen LogP contribution is 2.25. The Hall–Kier alpha value is -2.42. The van der Waals surface area contributed by atoms with Crippen molar-refractivity contribution in [3.05, 3.63) is 54.6 Å². The van der Waals surface area contributed by atoms with Crippen LogP contribution in [0, 0.1) is 5.92 Å². The van der Waals surface area contributed by atoms with Crippen molar-refractivity contribution in [2.45, 2.75) is 17.7 Å². The van der Waals surface area contributed by atoms with Crippen LogP contribution in [0.3, 0.4) is 0 Å². The molecule has 30 heavy (non-hydrogen) atoms. The molecule has 2 aromatic rings. The summed E-state index contributed by atoms with van der Waals surface area (Å²) < 4.78 is 32.3. The first-order valence-electron chi connectivity index (χ1n) is 10.3. The number of nitrogens with zero attached hydrogens (tertiary/aromatic N) is 2. The Bertz CT molecular complexity index is 950. The van der Waals surface area contributed by atoms with Crippen molar-refractivity contribution in [3.63, 3.8) is 0 Å². The van der Waals surface area contributed by atoms with E-state index in [2.05, 4.69) is 10.2 Å². The van der Waals surface area contributed by atoms with E-state index in [4.69, 9.17) is 4.74 Å². The van der Waals surface area contributed by atoms with Crippen LogP contribution in [0.4, 0.5) is 11.4 Å². The highest BCUT2D eigenvalue weighted by atomic mass is 32.2. The Morgan fingerprint density at radius 2 is 1.53 bits per heavy atom. The first-order valence-corrected chi connectivity index (χ1v) is 11.8. The third-order valence-corrected chi connectivity index (χ3v) is 7.63. The van der Waals surface area contributed by atoms with Crippen LogP contribution in [-0.2, 0) is 19.6 Å². The summed E-state index contributed by atoms with van der Waals surface area (Å²) in [6.07, 6.45) is 1.04. The van der Waals surface area contributed by atoms with Crippen molar-refractivity contribution < 1.29 is 17.9 Å². The summed E-state index contributed by atoms with van der Waals surface area (Å²) in [6, 6.07) is 16.3. The first kappa shape index (κ1) is 20.8. The number of carbonyl (C=O) groups excluding carboxylic acids is 1. The lowest BCUT2D eigenvalue weighted by atomic mass is 9.97. The summed E-state index contributed by atoms with van der Waals surface area (Å²) in [4.78, 5) is 15.2. The number of nitrogens with one attached hydrogen (secondary N) is 1. The highest BCUT2D eigenvalue weighted by molar-refractivity contribution is 7.89. The molecule has 1 N–H and O–H groups in total. The fourth-order valence-corrected chi connectivity index (χ4v) is 5.41. The van der Waals surface area contributed by atoms with E-state index in [0.29, 0.717) is 30.8 Å². The van der Waals surface area contributed by atoms with Gasteiger partial charge in [0.05, 0.1) is 18.1 Å². The molecule has 2 aromatic carbocycles. The largest absolute Gasteiger partial charge is 0.378 e. The number of morpholine rings is 1. The standard InChI is InChI=1S/C22H27N3O4S/c26-22(23-19-6-8-20(9-7-19)24-14-16-29-17-15-24)18-10-12-25(13-11-18)30(27,28)21-4-2-1-3-5-21/h1-9,18H,10-17H2,(H,23,26). The zero-order valence-electron chi connectivity index (χ0n) is 16.9. The fraction of sp³-hybridized carbons (Fsp3) is 0.409. The second-order valence-corrected chi connectivity index (χ2v) is 9.56. The summed E-state index contributed by atoms with van der Waals surface area (Å²) >= 11 is 0. The van der Waals surface area contributed by atoms with Gasteiger partial charge in [0.15, 0.2) is 0 Å². The van der Waals surface area contributed by atoms with Gasteiger partial charge >= 0.3 is 0 Å². The Morgan fingerprint density at radius 1 is 0.900 bits per heavy atom. The van der Waals surface area contributed by atoms with Crippen LogP contribution in [0.15, 0.2) is 59.5 Å². The van der Waals surface area contributed by atoms with Crippen LogP contribution in [0.5, 0.6) is 0 Å². The van der Waals surface area contributed by atoms with Crippen molar-refractivity contribution in [1.82, 2.24) is 4.31 Å². The van der Waals surface area contributed by atoms with Crippen molar-refractivity contribution in [2.24, 2.45) is 5.92 Å². The number of benzene rings is 2. The van der Waals surface area contributed by atoms with E-state index in [1.165, 1.54) is 4.31 Å². The number of hydrogen-bond acceptors (Lipinski definition) is 5. The minimum absolute atomic E-state index is 0.0501. The van der Waals surface area contributed by atoms with Gasteiger partial charge in [0, 0.05) is 43.5 Å². The van der Waals surface area contributed by atoms with E-state index in [-0.39, 0.29) is 11.8 Å². The maximum absolute atomic E-state index is 12.7. The molecule has 0 aromatic heterocycles. The van der Waals surface area contributed by atoms with Crippen LogP contribution in [0.1, 0.15) is 12.8 Å². The molecular weight excluding hydrogens is 402 g/mol. The lowest BCUT2D eigenvalue weighted by molar-refractivity contribution is -0.120. The minimum Gasteiger partial charge on any atom is -0.378 e. The molecule has 0 aliphatic carbocycles. The third kappa shape index (κ3) is 4.66. The van der Waals surface area contributed by atoms with Crippen LogP contribution in [0.2, 0.25) is 0 Å². The van der Waals surface area contributed by atoms with Gasteiger partial charge in [-0.05, 0) is 49.2 Å². The average molecular weight is 430 g/mol. The molecule has 2 aliphatic heterocycles. The smallest absolute Gasteiger partial charge is 0.243 e. The molecule has 160 valence electrons. The third-order valence-electron chi connectivity index (χ3n) is 5.72. The fourth-order valence-electron chi connectivity index (χ4n) is 3.92. The predicted molar refractivity (Wildman–Crippen MR) is 116 cm³/mol. The van der Waals surface area contributed by atoms with Gasteiger partial charge in [-0.25, -0.2) is 8.42 Å². The molecule has 7 nitrogen and oxygen atoms in total. The maximum atomic E-state index is 12.7. The molecule has 0 saturated carbocycles. The molecule has 0 bridgehead atoms. The number of amides is 1. The minimum atomic E-state index is -3.50. The molecule has 2 heterocycles. The van der Waals surface area contributed by atoms with Gasteiger partial charge in [0.25, 0.3) is 0 Å². The summed E-state index contributed by atoms with van der Waals surface area (Å²) in [5.41, 5.74) is 1.88. The zero-order valence-corrected chi connectivity index (χ0v) is 17.7. The van der Waals surface area contributed by atoms with E-state index >= 15 is 0 Å². The van der Waals surface area contributed by atoms with E-state index in [0.717, 1.165) is 37.7 Å². The Labute approximate surface area is 177 Å². The summed E-state index contributed by atoms with van der Waals surface area (Å²) in [6.45, 7) is 3.91. The molecule has 2 fully saturated rings. The van der Waals surface area contributed by atoms with Gasteiger partial charge in [0.1, 0.15) is 0 Å². The molecular formula is C22H27N3O4S. The lowest BCUT2D eigenvalue weighted by Crippen LogP contribution is -2.41. The number of piperidine rings is 1. The van der Waals surface area contributed by atoms with Gasteiger partial charge in [-0.1, -0.05) is 18.2 Å². The van der Waals surface area contributed by atoms with Crippen molar-refractivity contribution >= 4 is 27.3 Å². The van der Waals surface area contributed by atoms with Crippen LogP contribution < -0.4 is 10.2 Å². The van der Waals surface area contributed by atoms with E-state index in [1.54, 1.807) is 30.3 Å². The SMILES string of the molecule is O=C(Nc1ccc(N2CCOCC2)cc1)C1CCN(S(=O)(=O)c2ccccc2)CC1. The van der Waals surface area contributed by atoms with E-state index in [9.17, 15) is 13.2 Å². The molecule has 8 heteroatoms. The monoisotopic (exact) mass is 429 g/mol. The van der Waals surface area contributed by atoms with Crippen molar-refractivity contribution in [1.29, 1.82) is 0 Å². The van der Waals surface area contributed by atoms with Crippen molar-refractivity contribution in [3.8, 4) is 0 Å². The molecule has 2 aliphatic rings. The van der Waals surface area contributed by atoms with Gasteiger partial charge < -0.3 is 15.0 Å². The lowest BCUT2D eigenvalue weighted by Gasteiger charge is -2.30. The number of rotatable bonds is 5. The quantitative estimate of drug-likeness (QED) is 0.790. The second kappa shape index (κ2) is 9.16. The molecule has 0 radical (unpaired) electrons. The molecule has 1 amide bonds. The predicted octanol–water partition coefficient (Wildman–Crippen LogP) is 2.56. The second-order valence-electron chi connectivity index (χ2n) is 7.63. The maximum Gasteiger partial charge on any atom is 0.243 e. The summed E-state index contributed by atoms with van der Waals surface area (Å²) in [5, 5.41) is 2.98. The van der Waals surface area contributed by atoms with Gasteiger partial charge in [-0.3, -0.25) is 4.79 Å². The number of anilines is 2. The van der Waals surface area contributed by atoms with E-state index < -0.39 is 10.0 Å². The van der Waals surface area contributed by atoms with Gasteiger partial charge in [0.2, 0.25) is 15.9 Å². The molecule has 2 saturated heterocycles. The topological polar surface area (TPSA) is 79.0 Å². The number of carbonyl (C=O) groups is 1. The van der Waals surface area contributed by atoms with Crippen LogP contribution >= 0.6 is 0 Å². The van der Waals surface area contributed by atoms with Crippen molar-refractivity contribution in [2.75, 3.05) is 49.6 Å². The number of sulfonamides is 1. The first-order chi connectivity index (χ1) is 14.5. The molecule has 4 rings (SSSR count). The normalized spacial score (nSPS) is 18.9. The number of hydrogen-bond donors (Lipinski definition) is 1. The molecule has 0 spiro atoms. The Balaban J connectivity index is 1.31. The molecule has 0 unspecified atom stereocenters. The summed E-state index contributed by atoms with van der Waals surface area (Å²) in [5.74, 6) is -0.239.